The predicted octanol–water partition coefficient (Wildman–Crippen LogP) is 5.77. The topological polar surface area (TPSA) is 29.6 Å². The molecule has 1 heterocycles. The summed E-state index contributed by atoms with van der Waals surface area (Å²) in [7, 11) is -2.90. The Morgan fingerprint density at radius 1 is 0.552 bits per heavy atom. The second kappa shape index (κ2) is 7.48. The van der Waals surface area contributed by atoms with Crippen LogP contribution in [0.2, 0.25) is 0 Å². The number of hydrogen-bond donors (Lipinski definition) is 0. The zero-order valence-corrected chi connectivity index (χ0v) is 16.8. The van der Waals surface area contributed by atoms with Crippen molar-refractivity contribution in [1.29, 1.82) is 0 Å². The van der Waals surface area contributed by atoms with Crippen LogP contribution < -0.4 is 10.6 Å². The lowest BCUT2D eigenvalue weighted by Crippen LogP contribution is -2.19. The summed E-state index contributed by atoms with van der Waals surface area (Å²) < 4.78 is 20.4. The first-order valence-electron chi connectivity index (χ1n) is 9.78. The third-order valence-electron chi connectivity index (χ3n) is 5.45. The van der Waals surface area contributed by atoms with E-state index in [0.29, 0.717) is 0 Å². The van der Waals surface area contributed by atoms with Crippen LogP contribution in [0.3, 0.4) is 0 Å². The van der Waals surface area contributed by atoms with E-state index >= 15 is 0 Å². The molecule has 0 spiro atoms. The average Bonchev–Trinajstić information content (AvgIpc) is 3.62. The molecule has 0 radical (unpaired) electrons. The number of ether oxygens (including phenoxy) is 1. The van der Waals surface area contributed by atoms with Crippen molar-refractivity contribution in [2.75, 3.05) is 0 Å². The molecule has 0 N–H and O–H groups in total. The van der Waals surface area contributed by atoms with Gasteiger partial charge in [-0.2, -0.15) is 0 Å². The molecule has 0 unspecified atom stereocenters. The molecule has 1 aliphatic heterocycles. The molecule has 1 saturated heterocycles. The summed E-state index contributed by atoms with van der Waals surface area (Å²) in [4.78, 5) is 0. The Balaban J connectivity index is 1.47. The van der Waals surface area contributed by atoms with E-state index in [4.69, 9.17) is 4.74 Å². The molecule has 3 heteroatoms. The Bertz CT molecular complexity index is 1100. The maximum Gasteiger partial charge on any atom is 0.173 e. The van der Waals surface area contributed by atoms with Gasteiger partial charge in [0.1, 0.15) is 11.9 Å². The molecule has 4 aromatic rings. The molecule has 0 aliphatic carbocycles. The Labute approximate surface area is 171 Å². The highest BCUT2D eigenvalue weighted by Crippen LogP contribution is 2.63. The highest BCUT2D eigenvalue weighted by Gasteiger charge is 2.54. The van der Waals surface area contributed by atoms with E-state index in [2.05, 4.69) is 36.4 Å². The minimum atomic E-state index is -2.90. The molecule has 142 valence electrons. The number of rotatable bonds is 5. The summed E-state index contributed by atoms with van der Waals surface area (Å²) >= 11 is 0. The first-order valence-corrected chi connectivity index (χ1v) is 11.6. The van der Waals surface area contributed by atoms with Gasteiger partial charge >= 0.3 is 0 Å². The fraction of sp³-hybridized carbons (Fsp3) is 0.0769. The first-order chi connectivity index (χ1) is 14.3. The second-order valence-electron chi connectivity index (χ2n) is 7.26. The van der Waals surface area contributed by atoms with Crippen LogP contribution >= 0.6 is 7.14 Å². The largest absolute Gasteiger partial charge is 0.356 e. The van der Waals surface area contributed by atoms with Crippen molar-refractivity contribution >= 4 is 17.8 Å². The van der Waals surface area contributed by atoms with Crippen molar-refractivity contribution in [3.63, 3.8) is 0 Å². The average molecular weight is 396 g/mol. The fourth-order valence-corrected chi connectivity index (χ4v) is 6.83. The summed E-state index contributed by atoms with van der Waals surface area (Å²) in [5, 5.41) is 1.69. The van der Waals surface area contributed by atoms with E-state index in [1.54, 1.807) is 0 Å². The Kier molecular flexibility index (Phi) is 4.67. The third kappa shape index (κ3) is 3.35. The zero-order chi connectivity index (χ0) is 19.7. The summed E-state index contributed by atoms with van der Waals surface area (Å²) in [5.74, 6) is -0.324. The van der Waals surface area contributed by atoms with E-state index in [0.717, 1.165) is 16.2 Å². The molecule has 0 amide bonds. The Morgan fingerprint density at radius 3 is 1.52 bits per heavy atom. The van der Waals surface area contributed by atoms with Gasteiger partial charge in [-0.1, -0.05) is 115 Å². The summed E-state index contributed by atoms with van der Waals surface area (Å²) in [6, 6.07) is 38.2. The van der Waals surface area contributed by atoms with Gasteiger partial charge < -0.3 is 9.30 Å². The lowest BCUT2D eigenvalue weighted by Gasteiger charge is -2.17. The van der Waals surface area contributed by atoms with Crippen molar-refractivity contribution in [3.05, 3.63) is 121 Å². The van der Waals surface area contributed by atoms with Crippen LogP contribution in [0, 0.1) is 0 Å². The van der Waals surface area contributed by atoms with E-state index in [9.17, 15) is 4.57 Å². The van der Waals surface area contributed by atoms with E-state index in [1.807, 2.05) is 78.9 Å². The highest BCUT2D eigenvalue weighted by molar-refractivity contribution is 7.79. The van der Waals surface area contributed by atoms with Crippen LogP contribution in [-0.2, 0) is 9.30 Å². The van der Waals surface area contributed by atoms with Gasteiger partial charge in [0.25, 0.3) is 0 Å². The van der Waals surface area contributed by atoms with Crippen molar-refractivity contribution < 1.29 is 9.30 Å². The smallest absolute Gasteiger partial charge is 0.173 e. The summed E-state index contributed by atoms with van der Waals surface area (Å²) in [6.45, 7) is 0. The summed E-state index contributed by atoms with van der Waals surface area (Å²) in [6.07, 6.45) is -0.147. The number of benzene rings is 4. The molecule has 4 aromatic carbocycles. The van der Waals surface area contributed by atoms with E-state index < -0.39 is 7.14 Å². The van der Waals surface area contributed by atoms with Crippen LogP contribution in [0.5, 0.6) is 0 Å². The minimum absolute atomic E-state index is 0.147. The van der Waals surface area contributed by atoms with Crippen LogP contribution in [-0.4, -0.2) is 5.85 Å². The van der Waals surface area contributed by atoms with Crippen molar-refractivity contribution in [3.8, 4) is 11.1 Å². The van der Waals surface area contributed by atoms with Gasteiger partial charge in [-0.05, 0) is 16.7 Å². The van der Waals surface area contributed by atoms with Gasteiger partial charge in [0, 0.05) is 10.6 Å². The number of hydrogen-bond acceptors (Lipinski definition) is 2. The molecule has 2 atom stereocenters. The van der Waals surface area contributed by atoms with Gasteiger partial charge in [0.15, 0.2) is 7.14 Å². The molecule has 1 fully saturated rings. The molecule has 5 rings (SSSR count). The lowest BCUT2D eigenvalue weighted by molar-refractivity contribution is 0.401. The standard InChI is InChI=1S/C26H21O2P/c27-29(23-12-6-2-7-13-23,24-14-8-3-9-15-24)26-25(28-26)22-18-16-21(17-19-22)20-10-4-1-5-11-20/h1-19,25-26H/t25-,26-/m0/s1. The molecule has 1 aliphatic rings. The summed E-state index contributed by atoms with van der Waals surface area (Å²) in [5.41, 5.74) is 3.43. The molecule has 0 saturated carbocycles. The van der Waals surface area contributed by atoms with Gasteiger partial charge in [-0.3, -0.25) is 0 Å². The Hall–Kier alpha value is -2.93. The maximum atomic E-state index is 14.3. The maximum absolute atomic E-state index is 14.3. The van der Waals surface area contributed by atoms with Gasteiger partial charge in [-0.15, -0.1) is 0 Å². The molecule has 29 heavy (non-hydrogen) atoms. The zero-order valence-electron chi connectivity index (χ0n) is 15.9. The van der Waals surface area contributed by atoms with Gasteiger partial charge in [-0.25, -0.2) is 0 Å². The fourth-order valence-electron chi connectivity index (χ4n) is 3.86. The molecular weight excluding hydrogens is 375 g/mol. The van der Waals surface area contributed by atoms with Crippen LogP contribution in [0.25, 0.3) is 11.1 Å². The van der Waals surface area contributed by atoms with Crippen LogP contribution in [0.15, 0.2) is 115 Å². The second-order valence-corrected chi connectivity index (χ2v) is 10.1. The van der Waals surface area contributed by atoms with Gasteiger partial charge in [0.2, 0.25) is 0 Å². The van der Waals surface area contributed by atoms with Crippen LogP contribution in [0.1, 0.15) is 11.7 Å². The molecule has 0 aromatic heterocycles. The highest BCUT2D eigenvalue weighted by atomic mass is 31.2. The minimum Gasteiger partial charge on any atom is -0.356 e. The third-order valence-corrected chi connectivity index (χ3v) is 8.69. The van der Waals surface area contributed by atoms with Crippen LogP contribution in [0.4, 0.5) is 0 Å². The molecular formula is C26H21O2P. The first kappa shape index (κ1) is 18.1. The lowest BCUT2D eigenvalue weighted by atomic mass is 10.0. The molecule has 2 nitrogen and oxygen atoms in total. The predicted molar refractivity (Wildman–Crippen MR) is 119 cm³/mol. The van der Waals surface area contributed by atoms with Crippen molar-refractivity contribution in [2.45, 2.75) is 11.9 Å². The Morgan fingerprint density at radius 2 is 1.00 bits per heavy atom. The van der Waals surface area contributed by atoms with Gasteiger partial charge in [0.05, 0.1) is 0 Å². The number of epoxide rings is 1. The normalized spacial score (nSPS) is 18.3. The molecule has 0 bridgehead atoms. The van der Waals surface area contributed by atoms with E-state index in [-0.39, 0.29) is 11.9 Å². The SMILES string of the molecule is O=P(c1ccccc1)(c1ccccc1)[C@@H]1O[C@H]1c1ccc(-c2ccccc2)cc1. The van der Waals surface area contributed by atoms with E-state index in [1.165, 1.54) is 11.1 Å². The van der Waals surface area contributed by atoms with Crippen molar-refractivity contribution in [1.82, 2.24) is 0 Å². The monoisotopic (exact) mass is 396 g/mol. The van der Waals surface area contributed by atoms with Crippen molar-refractivity contribution in [2.24, 2.45) is 0 Å². The quantitative estimate of drug-likeness (QED) is 0.317.